The molecule has 1 N–H and O–H groups in total. The molecule has 1 aromatic carbocycles. The fourth-order valence-corrected chi connectivity index (χ4v) is 2.07. The molecule has 0 unspecified atom stereocenters. The van der Waals surface area contributed by atoms with Crippen LogP contribution in [0.5, 0.6) is 5.75 Å². The van der Waals surface area contributed by atoms with Crippen LogP contribution >= 0.6 is 11.6 Å². The van der Waals surface area contributed by atoms with Gasteiger partial charge in [0.05, 0.1) is 17.8 Å². The van der Waals surface area contributed by atoms with Crippen molar-refractivity contribution in [3.8, 4) is 5.75 Å². The summed E-state index contributed by atoms with van der Waals surface area (Å²) in [5.74, 6) is 1.60. The van der Waals surface area contributed by atoms with Crippen LogP contribution in [0.2, 0.25) is 5.02 Å². The van der Waals surface area contributed by atoms with Crippen molar-refractivity contribution < 1.29 is 4.74 Å². The molecule has 0 amide bonds. The number of ether oxygens (including phenoxy) is 1. The van der Waals surface area contributed by atoms with E-state index in [0.717, 1.165) is 17.4 Å². The summed E-state index contributed by atoms with van der Waals surface area (Å²) in [4.78, 5) is 4.32. The van der Waals surface area contributed by atoms with Gasteiger partial charge in [-0.05, 0) is 25.0 Å². The van der Waals surface area contributed by atoms with Crippen molar-refractivity contribution in [3.05, 3.63) is 35.6 Å². The van der Waals surface area contributed by atoms with Crippen molar-refractivity contribution >= 4 is 23.2 Å². The first-order valence-electron chi connectivity index (χ1n) is 5.91. The molecule has 1 fully saturated rings. The zero-order valence-corrected chi connectivity index (χ0v) is 10.8. The van der Waals surface area contributed by atoms with Gasteiger partial charge in [-0.15, -0.1) is 0 Å². The first-order valence-corrected chi connectivity index (χ1v) is 6.29. The number of hydrogen-bond donors (Lipinski definition) is 1. The summed E-state index contributed by atoms with van der Waals surface area (Å²) in [6, 6.07) is 6.10. The third-order valence-corrected chi connectivity index (χ3v) is 3.36. The van der Waals surface area contributed by atoms with Crippen molar-refractivity contribution in [2.24, 2.45) is 0 Å². The monoisotopic (exact) mass is 263 g/mol. The molecule has 94 valence electrons. The summed E-state index contributed by atoms with van der Waals surface area (Å²) >= 11 is 6.16. The van der Waals surface area contributed by atoms with E-state index >= 15 is 0 Å². The molecule has 0 atom stereocenters. The van der Waals surface area contributed by atoms with Gasteiger partial charge in [0.1, 0.15) is 5.75 Å². The molecule has 1 aliphatic carbocycles. The molecule has 2 aromatic rings. The summed E-state index contributed by atoms with van der Waals surface area (Å²) in [5, 5.41) is 3.91. The van der Waals surface area contributed by atoms with Crippen molar-refractivity contribution in [3.63, 3.8) is 0 Å². The molecule has 0 spiro atoms. The molecule has 0 radical (unpaired) electrons. The van der Waals surface area contributed by atoms with E-state index < -0.39 is 0 Å². The van der Waals surface area contributed by atoms with Gasteiger partial charge in [-0.25, -0.2) is 4.98 Å². The Morgan fingerprint density at radius 3 is 3.00 bits per heavy atom. The van der Waals surface area contributed by atoms with E-state index in [1.807, 2.05) is 24.4 Å². The zero-order valence-electron chi connectivity index (χ0n) is 10.1. The Morgan fingerprint density at radius 2 is 2.28 bits per heavy atom. The number of aromatic nitrogens is 2. The normalized spacial score (nSPS) is 14.6. The number of hydrogen-bond acceptors (Lipinski definition) is 3. The highest BCUT2D eigenvalue weighted by atomic mass is 35.5. The predicted molar refractivity (Wildman–Crippen MR) is 71.8 cm³/mol. The first kappa shape index (κ1) is 11.4. The molecule has 1 heterocycles. The topological polar surface area (TPSA) is 39.1 Å². The highest BCUT2D eigenvalue weighted by molar-refractivity contribution is 6.33. The molecule has 18 heavy (non-hydrogen) atoms. The molecule has 0 aliphatic heterocycles. The van der Waals surface area contributed by atoms with Crippen LogP contribution in [0.15, 0.2) is 30.6 Å². The minimum atomic E-state index is 0.583. The van der Waals surface area contributed by atoms with Gasteiger partial charge in [0, 0.05) is 24.5 Å². The van der Waals surface area contributed by atoms with Gasteiger partial charge in [0.2, 0.25) is 5.95 Å². The lowest BCUT2D eigenvalue weighted by Crippen LogP contribution is -2.01. The van der Waals surface area contributed by atoms with E-state index in [9.17, 15) is 0 Å². The Labute approximate surface area is 111 Å². The van der Waals surface area contributed by atoms with Crippen LogP contribution in [-0.4, -0.2) is 16.7 Å². The number of nitrogens with one attached hydrogen (secondary N) is 1. The number of methoxy groups -OCH3 is 1. The smallest absolute Gasteiger partial charge is 0.207 e. The van der Waals surface area contributed by atoms with Crippen LogP contribution in [0.4, 0.5) is 11.6 Å². The van der Waals surface area contributed by atoms with Crippen LogP contribution in [-0.2, 0) is 0 Å². The number of anilines is 2. The third kappa shape index (κ3) is 2.16. The molecule has 0 saturated heterocycles. The maximum absolute atomic E-state index is 6.16. The minimum Gasteiger partial charge on any atom is -0.497 e. The lowest BCUT2D eigenvalue weighted by Gasteiger charge is -2.11. The second kappa shape index (κ2) is 4.53. The Morgan fingerprint density at radius 1 is 1.44 bits per heavy atom. The van der Waals surface area contributed by atoms with Crippen molar-refractivity contribution in [1.29, 1.82) is 0 Å². The van der Waals surface area contributed by atoms with Crippen LogP contribution < -0.4 is 10.1 Å². The second-order valence-electron chi connectivity index (χ2n) is 4.36. The maximum Gasteiger partial charge on any atom is 0.207 e. The summed E-state index contributed by atoms with van der Waals surface area (Å²) in [7, 11) is 1.64. The molecule has 1 aliphatic rings. The SMILES string of the molecule is COc1ccc(Cl)c(Nc2nccn2C2CC2)c1. The van der Waals surface area contributed by atoms with Crippen LogP contribution in [0.3, 0.4) is 0 Å². The number of halogens is 1. The van der Waals surface area contributed by atoms with Gasteiger partial charge < -0.3 is 14.6 Å². The Bertz CT molecular complexity index is 563. The summed E-state index contributed by atoms with van der Waals surface area (Å²) in [6.45, 7) is 0. The zero-order chi connectivity index (χ0) is 12.5. The number of benzene rings is 1. The van der Waals surface area contributed by atoms with E-state index in [1.54, 1.807) is 13.3 Å². The number of nitrogens with zero attached hydrogens (tertiary/aromatic N) is 2. The average Bonchev–Trinajstić information content (AvgIpc) is 3.13. The average molecular weight is 264 g/mol. The van der Waals surface area contributed by atoms with Crippen LogP contribution in [0.1, 0.15) is 18.9 Å². The quantitative estimate of drug-likeness (QED) is 0.916. The van der Waals surface area contributed by atoms with Crippen molar-refractivity contribution in [2.45, 2.75) is 18.9 Å². The van der Waals surface area contributed by atoms with Gasteiger partial charge in [-0.2, -0.15) is 0 Å². The fourth-order valence-electron chi connectivity index (χ4n) is 1.90. The maximum atomic E-state index is 6.16. The van der Waals surface area contributed by atoms with Gasteiger partial charge in [-0.1, -0.05) is 11.6 Å². The van der Waals surface area contributed by atoms with Gasteiger partial charge in [-0.3, -0.25) is 0 Å². The van der Waals surface area contributed by atoms with Crippen molar-refractivity contribution in [1.82, 2.24) is 9.55 Å². The summed E-state index contributed by atoms with van der Waals surface area (Å²) < 4.78 is 7.34. The molecular formula is C13H14ClN3O. The molecule has 5 heteroatoms. The summed E-state index contributed by atoms with van der Waals surface area (Å²) in [5.41, 5.74) is 0.809. The third-order valence-electron chi connectivity index (χ3n) is 3.03. The number of rotatable bonds is 4. The van der Waals surface area contributed by atoms with E-state index in [1.165, 1.54) is 12.8 Å². The lowest BCUT2D eigenvalue weighted by molar-refractivity contribution is 0.415. The van der Waals surface area contributed by atoms with E-state index in [-0.39, 0.29) is 0 Å². The molecule has 1 saturated carbocycles. The van der Waals surface area contributed by atoms with Gasteiger partial charge >= 0.3 is 0 Å². The second-order valence-corrected chi connectivity index (χ2v) is 4.77. The number of imidazole rings is 1. The minimum absolute atomic E-state index is 0.583. The highest BCUT2D eigenvalue weighted by Crippen LogP contribution is 2.38. The Balaban J connectivity index is 1.89. The predicted octanol–water partition coefficient (Wildman–Crippen LogP) is 3.62. The fraction of sp³-hybridized carbons (Fsp3) is 0.308. The van der Waals surface area contributed by atoms with Gasteiger partial charge in [0.25, 0.3) is 0 Å². The molecule has 3 rings (SSSR count). The van der Waals surface area contributed by atoms with E-state index in [4.69, 9.17) is 16.3 Å². The van der Waals surface area contributed by atoms with Crippen LogP contribution in [0.25, 0.3) is 0 Å². The lowest BCUT2D eigenvalue weighted by atomic mass is 10.3. The standard InChI is InChI=1S/C13H14ClN3O/c1-18-10-4-5-11(14)12(8-10)16-13-15-6-7-17(13)9-2-3-9/h4-9H,2-3H2,1H3,(H,15,16). The van der Waals surface area contributed by atoms with Crippen LogP contribution in [0, 0.1) is 0 Å². The summed E-state index contributed by atoms with van der Waals surface area (Å²) in [6.07, 6.45) is 6.23. The van der Waals surface area contributed by atoms with E-state index in [0.29, 0.717) is 11.1 Å². The Hall–Kier alpha value is -1.68. The van der Waals surface area contributed by atoms with Gasteiger partial charge in [0.15, 0.2) is 0 Å². The molecule has 4 nitrogen and oxygen atoms in total. The van der Waals surface area contributed by atoms with E-state index in [2.05, 4.69) is 14.9 Å². The first-order chi connectivity index (χ1) is 8.78. The Kier molecular flexibility index (Phi) is 2.88. The highest BCUT2D eigenvalue weighted by Gasteiger charge is 2.25. The molecule has 0 bridgehead atoms. The molecular weight excluding hydrogens is 250 g/mol. The van der Waals surface area contributed by atoms with Crippen molar-refractivity contribution in [2.75, 3.05) is 12.4 Å². The molecule has 1 aromatic heterocycles. The largest absolute Gasteiger partial charge is 0.497 e.